The number of hydrogen-bond acceptors (Lipinski definition) is 5. The van der Waals surface area contributed by atoms with Crippen LogP contribution in [0, 0.1) is 5.41 Å². The second-order valence-corrected chi connectivity index (χ2v) is 7.97. The molecule has 2 aliphatic heterocycles. The topological polar surface area (TPSA) is 48.5 Å². The fourth-order valence-corrected chi connectivity index (χ4v) is 4.83. The molecule has 1 atom stereocenters. The molecule has 1 saturated carbocycles. The highest BCUT2D eigenvalue weighted by Crippen LogP contribution is 2.37. The minimum Gasteiger partial charge on any atom is -0.316 e. The zero-order chi connectivity index (χ0) is 15.2. The molecule has 5 nitrogen and oxygen atoms in total. The van der Waals surface area contributed by atoms with Crippen molar-refractivity contribution in [1.29, 1.82) is 0 Å². The molecule has 1 spiro atoms. The predicted molar refractivity (Wildman–Crippen MR) is 95.4 cm³/mol. The Bertz CT molecular complexity index is 568. The third-order valence-corrected chi connectivity index (χ3v) is 6.12. The van der Waals surface area contributed by atoms with Crippen molar-refractivity contribution in [3.8, 4) is 0 Å². The Labute approximate surface area is 147 Å². The molecule has 4 rings (SSSR count). The van der Waals surface area contributed by atoms with Crippen molar-refractivity contribution in [1.82, 2.24) is 15.2 Å². The lowest BCUT2D eigenvalue weighted by Crippen LogP contribution is -2.31. The summed E-state index contributed by atoms with van der Waals surface area (Å²) in [5.74, 6) is 0.126. The van der Waals surface area contributed by atoms with Crippen LogP contribution in [0.1, 0.15) is 38.3 Å². The van der Waals surface area contributed by atoms with Crippen LogP contribution in [0.15, 0.2) is 5.38 Å². The lowest BCUT2D eigenvalue weighted by molar-refractivity contribution is -0.116. The number of carbonyl (C=O) groups is 1. The molecule has 1 aromatic heterocycles. The van der Waals surface area contributed by atoms with Gasteiger partial charge in [-0.2, -0.15) is 0 Å². The standard InChI is InChI=1S/C16H24N4OS.ClH/c1-12(21)20(14-2-3-14)15-18-13(9-22-15)8-19-7-5-16(11-19)4-6-17-10-16;/h9,14,17H,2-8,10-11H2,1H3;1H. The van der Waals surface area contributed by atoms with Gasteiger partial charge in [-0.05, 0) is 44.2 Å². The summed E-state index contributed by atoms with van der Waals surface area (Å²) in [6, 6.07) is 0.399. The van der Waals surface area contributed by atoms with Crippen molar-refractivity contribution >= 4 is 34.8 Å². The van der Waals surface area contributed by atoms with E-state index in [4.69, 9.17) is 4.98 Å². The summed E-state index contributed by atoms with van der Waals surface area (Å²) in [5, 5.41) is 6.53. The van der Waals surface area contributed by atoms with Crippen molar-refractivity contribution < 1.29 is 4.79 Å². The first kappa shape index (κ1) is 17.1. The Hall–Kier alpha value is -0.690. The lowest BCUT2D eigenvalue weighted by Gasteiger charge is -2.22. The van der Waals surface area contributed by atoms with Crippen molar-refractivity contribution in [2.45, 2.75) is 45.2 Å². The number of nitrogens with zero attached hydrogens (tertiary/aromatic N) is 3. The molecule has 0 aromatic carbocycles. The Balaban J connectivity index is 0.00000156. The second-order valence-electron chi connectivity index (χ2n) is 7.13. The summed E-state index contributed by atoms with van der Waals surface area (Å²) in [6.45, 7) is 7.28. The average molecular weight is 357 g/mol. The SMILES string of the molecule is CC(=O)N(c1nc(CN2CCC3(CCNC3)C2)cs1)C1CC1.Cl. The van der Waals surface area contributed by atoms with Gasteiger partial charge in [0.05, 0.1) is 5.69 Å². The number of anilines is 1. The zero-order valence-corrected chi connectivity index (χ0v) is 15.2. The summed E-state index contributed by atoms with van der Waals surface area (Å²) in [7, 11) is 0. The zero-order valence-electron chi connectivity index (χ0n) is 13.6. The van der Waals surface area contributed by atoms with Crippen LogP contribution in [0.3, 0.4) is 0 Å². The van der Waals surface area contributed by atoms with Gasteiger partial charge in [-0.15, -0.1) is 23.7 Å². The van der Waals surface area contributed by atoms with Crippen molar-refractivity contribution in [3.05, 3.63) is 11.1 Å². The number of hydrogen-bond donors (Lipinski definition) is 1. The van der Waals surface area contributed by atoms with E-state index in [-0.39, 0.29) is 18.3 Å². The molecule has 0 radical (unpaired) electrons. The van der Waals surface area contributed by atoms with Gasteiger partial charge in [0, 0.05) is 38.0 Å². The molecule has 2 saturated heterocycles. The van der Waals surface area contributed by atoms with Gasteiger partial charge >= 0.3 is 0 Å². The normalized spacial score (nSPS) is 27.3. The monoisotopic (exact) mass is 356 g/mol. The minimum absolute atomic E-state index is 0. The molecule has 1 aliphatic carbocycles. The van der Waals surface area contributed by atoms with Crippen molar-refractivity contribution in [2.75, 3.05) is 31.1 Å². The van der Waals surface area contributed by atoms with E-state index in [0.29, 0.717) is 11.5 Å². The Morgan fingerprint density at radius 1 is 1.52 bits per heavy atom. The van der Waals surface area contributed by atoms with Gasteiger partial charge in [0.2, 0.25) is 5.91 Å². The maximum atomic E-state index is 11.8. The number of likely N-dealkylation sites (tertiary alicyclic amines) is 1. The molecule has 128 valence electrons. The number of rotatable bonds is 4. The van der Waals surface area contributed by atoms with E-state index in [0.717, 1.165) is 30.2 Å². The van der Waals surface area contributed by atoms with E-state index in [1.165, 1.54) is 39.0 Å². The number of carbonyl (C=O) groups excluding carboxylic acids is 1. The fraction of sp³-hybridized carbons (Fsp3) is 0.750. The minimum atomic E-state index is 0. The van der Waals surface area contributed by atoms with Gasteiger partial charge in [-0.3, -0.25) is 14.6 Å². The van der Waals surface area contributed by atoms with Gasteiger partial charge in [0.15, 0.2) is 5.13 Å². The van der Waals surface area contributed by atoms with E-state index in [1.54, 1.807) is 18.3 Å². The lowest BCUT2D eigenvalue weighted by atomic mass is 9.87. The molecular weight excluding hydrogens is 332 g/mol. The molecule has 3 aliphatic rings. The number of halogens is 1. The molecule has 0 bridgehead atoms. The highest BCUT2D eigenvalue weighted by molar-refractivity contribution is 7.14. The van der Waals surface area contributed by atoms with Crippen LogP contribution in [0.2, 0.25) is 0 Å². The molecular formula is C16H25ClN4OS. The average Bonchev–Trinajstić information content (AvgIpc) is 2.89. The maximum absolute atomic E-state index is 11.8. The van der Waals surface area contributed by atoms with E-state index in [9.17, 15) is 4.79 Å². The molecule has 1 amide bonds. The number of thiazole rings is 1. The third-order valence-electron chi connectivity index (χ3n) is 5.23. The first-order chi connectivity index (χ1) is 10.7. The molecule has 23 heavy (non-hydrogen) atoms. The third kappa shape index (κ3) is 3.55. The summed E-state index contributed by atoms with van der Waals surface area (Å²) in [4.78, 5) is 21.0. The van der Waals surface area contributed by atoms with Crippen LogP contribution in [0.5, 0.6) is 0 Å². The smallest absolute Gasteiger partial charge is 0.225 e. The Morgan fingerprint density at radius 2 is 2.35 bits per heavy atom. The second kappa shape index (κ2) is 6.67. The first-order valence-corrected chi connectivity index (χ1v) is 9.20. The van der Waals surface area contributed by atoms with Crippen LogP contribution < -0.4 is 10.2 Å². The van der Waals surface area contributed by atoms with E-state index >= 15 is 0 Å². The Kier molecular flexibility index (Phi) is 4.97. The first-order valence-electron chi connectivity index (χ1n) is 8.33. The molecule has 3 heterocycles. The fourth-order valence-electron chi connectivity index (χ4n) is 3.90. The maximum Gasteiger partial charge on any atom is 0.225 e. The largest absolute Gasteiger partial charge is 0.316 e. The Morgan fingerprint density at radius 3 is 3.00 bits per heavy atom. The summed E-state index contributed by atoms with van der Waals surface area (Å²) in [6.07, 6.45) is 4.86. The number of aromatic nitrogens is 1. The van der Waals surface area contributed by atoms with Crippen LogP contribution in [0.4, 0.5) is 5.13 Å². The van der Waals surface area contributed by atoms with Gasteiger partial charge in [-0.25, -0.2) is 4.98 Å². The van der Waals surface area contributed by atoms with Crippen LogP contribution in [-0.2, 0) is 11.3 Å². The van der Waals surface area contributed by atoms with Crippen molar-refractivity contribution in [3.63, 3.8) is 0 Å². The molecule has 1 aromatic rings. The van der Waals surface area contributed by atoms with Crippen LogP contribution in [-0.4, -0.2) is 48.0 Å². The van der Waals surface area contributed by atoms with Crippen molar-refractivity contribution in [2.24, 2.45) is 5.41 Å². The highest BCUT2D eigenvalue weighted by Gasteiger charge is 2.40. The molecule has 7 heteroatoms. The number of amides is 1. The molecule has 3 fully saturated rings. The number of nitrogens with one attached hydrogen (secondary N) is 1. The van der Waals surface area contributed by atoms with Gasteiger partial charge in [-0.1, -0.05) is 0 Å². The van der Waals surface area contributed by atoms with Crippen LogP contribution in [0.25, 0.3) is 0 Å². The summed E-state index contributed by atoms with van der Waals surface area (Å²) in [5.41, 5.74) is 1.63. The van der Waals surface area contributed by atoms with E-state index in [1.807, 2.05) is 4.90 Å². The van der Waals surface area contributed by atoms with Gasteiger partial charge < -0.3 is 5.32 Å². The van der Waals surface area contributed by atoms with Crippen LogP contribution >= 0.6 is 23.7 Å². The quantitative estimate of drug-likeness (QED) is 0.899. The highest BCUT2D eigenvalue weighted by atomic mass is 35.5. The van der Waals surface area contributed by atoms with Gasteiger partial charge in [0.1, 0.15) is 0 Å². The molecule has 1 unspecified atom stereocenters. The predicted octanol–water partition coefficient (Wildman–Crippen LogP) is 2.27. The summed E-state index contributed by atoms with van der Waals surface area (Å²) < 4.78 is 0. The summed E-state index contributed by atoms with van der Waals surface area (Å²) >= 11 is 1.62. The molecule has 1 N–H and O–H groups in total. The van der Waals surface area contributed by atoms with E-state index < -0.39 is 0 Å². The van der Waals surface area contributed by atoms with E-state index in [2.05, 4.69) is 15.6 Å². The van der Waals surface area contributed by atoms with Gasteiger partial charge in [0.25, 0.3) is 0 Å².